The van der Waals surface area contributed by atoms with Crippen molar-refractivity contribution in [2.45, 2.75) is 39.3 Å². The number of nitrogens with one attached hydrogen (secondary N) is 2. The summed E-state index contributed by atoms with van der Waals surface area (Å²) in [7, 11) is 0. The number of rotatable bonds is 4. The number of amides is 3. The number of carbonyl (C=O) groups excluding carboxylic acids is 3. The second kappa shape index (κ2) is 6.93. The predicted molar refractivity (Wildman–Crippen MR) is 82.4 cm³/mol. The highest BCUT2D eigenvalue weighted by Gasteiger charge is 2.21. The van der Waals surface area contributed by atoms with Crippen LogP contribution in [-0.2, 0) is 9.53 Å². The van der Waals surface area contributed by atoms with E-state index < -0.39 is 29.6 Å². The molecule has 7 heteroatoms. The summed E-state index contributed by atoms with van der Waals surface area (Å²) in [6.07, 6.45) is -0.696. The summed E-state index contributed by atoms with van der Waals surface area (Å²) in [5, 5.41) is 4.97. The lowest BCUT2D eigenvalue weighted by molar-refractivity contribution is -0.117. The fourth-order valence-corrected chi connectivity index (χ4v) is 1.60. The number of para-hydroxylation sites is 1. The van der Waals surface area contributed by atoms with E-state index in [0.717, 1.165) is 0 Å². The molecule has 0 spiro atoms. The van der Waals surface area contributed by atoms with E-state index in [4.69, 9.17) is 10.5 Å². The van der Waals surface area contributed by atoms with Gasteiger partial charge in [0.05, 0.1) is 11.3 Å². The summed E-state index contributed by atoms with van der Waals surface area (Å²) in [5.41, 5.74) is 5.07. The van der Waals surface area contributed by atoms with Gasteiger partial charge in [-0.1, -0.05) is 12.1 Å². The predicted octanol–water partition coefficient (Wildman–Crippen LogP) is 1.64. The molecule has 0 saturated carbocycles. The first-order valence-electron chi connectivity index (χ1n) is 6.79. The van der Waals surface area contributed by atoms with Crippen molar-refractivity contribution in [1.29, 1.82) is 0 Å². The number of hydrogen-bond acceptors (Lipinski definition) is 4. The van der Waals surface area contributed by atoms with Crippen LogP contribution in [0.5, 0.6) is 0 Å². The molecule has 0 unspecified atom stereocenters. The Balaban J connectivity index is 2.69. The lowest BCUT2D eigenvalue weighted by Crippen LogP contribution is -2.44. The second-order valence-corrected chi connectivity index (χ2v) is 5.77. The van der Waals surface area contributed by atoms with Gasteiger partial charge in [0.1, 0.15) is 11.6 Å². The van der Waals surface area contributed by atoms with Crippen LogP contribution in [0.2, 0.25) is 0 Å². The number of hydrogen-bond donors (Lipinski definition) is 3. The number of ether oxygens (including phenoxy) is 1. The Morgan fingerprint density at radius 1 is 1.18 bits per heavy atom. The van der Waals surface area contributed by atoms with Crippen molar-refractivity contribution in [3.63, 3.8) is 0 Å². The Hall–Kier alpha value is -2.57. The minimum Gasteiger partial charge on any atom is -0.444 e. The molecule has 0 aliphatic rings. The minimum atomic E-state index is -0.837. The highest BCUT2D eigenvalue weighted by Crippen LogP contribution is 2.14. The van der Waals surface area contributed by atoms with E-state index in [2.05, 4.69) is 10.6 Å². The lowest BCUT2D eigenvalue weighted by atomic mass is 10.1. The molecule has 0 aromatic heterocycles. The van der Waals surface area contributed by atoms with Crippen molar-refractivity contribution in [3.8, 4) is 0 Å². The molecule has 0 saturated heterocycles. The summed E-state index contributed by atoms with van der Waals surface area (Å²) in [4.78, 5) is 35.0. The van der Waals surface area contributed by atoms with Crippen molar-refractivity contribution in [2.24, 2.45) is 5.73 Å². The Kier molecular flexibility index (Phi) is 5.50. The third-order valence-corrected chi connectivity index (χ3v) is 2.58. The smallest absolute Gasteiger partial charge is 0.408 e. The van der Waals surface area contributed by atoms with E-state index >= 15 is 0 Å². The summed E-state index contributed by atoms with van der Waals surface area (Å²) in [5.74, 6) is -1.14. The van der Waals surface area contributed by atoms with Crippen molar-refractivity contribution in [1.82, 2.24) is 5.32 Å². The Bertz CT molecular complexity index is 578. The SMILES string of the molecule is C[C@H](NC(=O)OC(C)(C)C)C(=O)Nc1ccccc1C(N)=O. The molecule has 0 aliphatic carbocycles. The molecular weight excluding hydrogens is 286 g/mol. The van der Waals surface area contributed by atoms with Crippen molar-refractivity contribution < 1.29 is 19.1 Å². The Labute approximate surface area is 129 Å². The molecule has 1 aromatic carbocycles. The quantitative estimate of drug-likeness (QED) is 0.785. The van der Waals surface area contributed by atoms with Gasteiger partial charge in [0.25, 0.3) is 5.91 Å². The molecular formula is C15H21N3O4. The topological polar surface area (TPSA) is 111 Å². The van der Waals surface area contributed by atoms with Crippen LogP contribution >= 0.6 is 0 Å². The molecule has 0 fully saturated rings. The number of primary amides is 1. The van der Waals surface area contributed by atoms with Crippen LogP contribution in [0.4, 0.5) is 10.5 Å². The molecule has 0 aliphatic heterocycles. The van der Waals surface area contributed by atoms with Gasteiger partial charge >= 0.3 is 6.09 Å². The van der Waals surface area contributed by atoms with E-state index in [1.165, 1.54) is 13.0 Å². The number of nitrogens with two attached hydrogens (primary N) is 1. The molecule has 120 valence electrons. The van der Waals surface area contributed by atoms with Crippen molar-refractivity contribution in [3.05, 3.63) is 29.8 Å². The lowest BCUT2D eigenvalue weighted by Gasteiger charge is -2.21. The third-order valence-electron chi connectivity index (χ3n) is 2.58. The van der Waals surface area contributed by atoms with E-state index in [-0.39, 0.29) is 11.3 Å². The van der Waals surface area contributed by atoms with Crippen LogP contribution < -0.4 is 16.4 Å². The van der Waals surface area contributed by atoms with Crippen LogP contribution in [0.3, 0.4) is 0 Å². The molecule has 7 nitrogen and oxygen atoms in total. The summed E-state index contributed by atoms with van der Waals surface area (Å²) < 4.78 is 5.07. The Morgan fingerprint density at radius 2 is 1.77 bits per heavy atom. The largest absolute Gasteiger partial charge is 0.444 e. The molecule has 0 heterocycles. The van der Waals surface area contributed by atoms with Gasteiger partial charge in [-0.15, -0.1) is 0 Å². The molecule has 0 radical (unpaired) electrons. The van der Waals surface area contributed by atoms with Gasteiger partial charge in [0.2, 0.25) is 5.91 Å². The zero-order valence-electron chi connectivity index (χ0n) is 13.1. The highest BCUT2D eigenvalue weighted by atomic mass is 16.6. The zero-order chi connectivity index (χ0) is 16.9. The number of alkyl carbamates (subject to hydrolysis) is 1. The maximum atomic E-state index is 12.1. The number of benzene rings is 1. The maximum Gasteiger partial charge on any atom is 0.408 e. The van der Waals surface area contributed by atoms with Gasteiger partial charge in [0, 0.05) is 0 Å². The highest BCUT2D eigenvalue weighted by molar-refractivity contribution is 6.04. The molecule has 1 aromatic rings. The van der Waals surface area contributed by atoms with Crippen LogP contribution in [-0.4, -0.2) is 29.6 Å². The van der Waals surface area contributed by atoms with Gasteiger partial charge in [-0.3, -0.25) is 9.59 Å². The summed E-state index contributed by atoms with van der Waals surface area (Å²) in [6, 6.07) is 5.52. The molecule has 22 heavy (non-hydrogen) atoms. The first kappa shape index (κ1) is 17.5. The second-order valence-electron chi connectivity index (χ2n) is 5.77. The first-order valence-corrected chi connectivity index (χ1v) is 6.79. The van der Waals surface area contributed by atoms with E-state index in [1.54, 1.807) is 39.0 Å². The van der Waals surface area contributed by atoms with Crippen LogP contribution in [0.25, 0.3) is 0 Å². The standard InChI is InChI=1S/C15H21N3O4/c1-9(17-14(21)22-15(2,3)4)13(20)18-11-8-6-5-7-10(11)12(16)19/h5-9H,1-4H3,(H2,16,19)(H,17,21)(H,18,20)/t9-/m0/s1. The van der Waals surface area contributed by atoms with Crippen LogP contribution in [0.1, 0.15) is 38.1 Å². The third kappa shape index (κ3) is 5.43. The first-order chi connectivity index (χ1) is 10.1. The van der Waals surface area contributed by atoms with Crippen molar-refractivity contribution >= 4 is 23.6 Å². The zero-order valence-corrected chi connectivity index (χ0v) is 13.1. The average molecular weight is 307 g/mol. The molecule has 4 N–H and O–H groups in total. The summed E-state index contributed by atoms with van der Waals surface area (Å²) >= 11 is 0. The number of anilines is 1. The Morgan fingerprint density at radius 3 is 2.32 bits per heavy atom. The normalized spacial score (nSPS) is 12.2. The molecule has 0 bridgehead atoms. The molecule has 3 amide bonds. The maximum absolute atomic E-state index is 12.1. The number of carbonyl (C=O) groups is 3. The van der Waals surface area contributed by atoms with E-state index in [0.29, 0.717) is 0 Å². The van der Waals surface area contributed by atoms with Gasteiger partial charge < -0.3 is 21.1 Å². The average Bonchev–Trinajstić information content (AvgIpc) is 2.36. The van der Waals surface area contributed by atoms with Gasteiger partial charge in [-0.25, -0.2) is 4.79 Å². The van der Waals surface area contributed by atoms with Crippen LogP contribution in [0.15, 0.2) is 24.3 Å². The van der Waals surface area contributed by atoms with Gasteiger partial charge in [-0.05, 0) is 39.8 Å². The van der Waals surface area contributed by atoms with Crippen molar-refractivity contribution in [2.75, 3.05) is 5.32 Å². The monoisotopic (exact) mass is 307 g/mol. The minimum absolute atomic E-state index is 0.195. The van der Waals surface area contributed by atoms with Gasteiger partial charge in [-0.2, -0.15) is 0 Å². The van der Waals surface area contributed by atoms with E-state index in [9.17, 15) is 14.4 Å². The van der Waals surface area contributed by atoms with Crippen LogP contribution in [0, 0.1) is 0 Å². The molecule has 1 rings (SSSR count). The fraction of sp³-hybridized carbons (Fsp3) is 0.400. The van der Waals surface area contributed by atoms with Gasteiger partial charge in [0.15, 0.2) is 0 Å². The summed E-state index contributed by atoms with van der Waals surface area (Å²) in [6.45, 7) is 6.67. The fourth-order valence-electron chi connectivity index (χ4n) is 1.60. The molecule has 1 atom stereocenters. The van der Waals surface area contributed by atoms with E-state index in [1.807, 2.05) is 0 Å².